The van der Waals surface area contributed by atoms with E-state index in [4.69, 9.17) is 4.74 Å². The Balaban J connectivity index is 1.68. The molecule has 4 rings (SSSR count). The van der Waals surface area contributed by atoms with E-state index in [9.17, 15) is 14.0 Å². The number of urea groups is 1. The number of carbonyl (C=O) groups is 2. The molecular formula is C21H17BrFN3O3. The standard InChI is InChI=1S/C21H17BrFN3O3/c1-29-15-4-2-13(3-5-15)12-26-20(27)6-7-25(21(26)28)19-11-24-10-17-16(19)8-14(23)9-18(17)22/h2-5,8-11H,6-7,12H2,1H3. The van der Waals surface area contributed by atoms with Crippen molar-refractivity contribution in [1.29, 1.82) is 0 Å². The predicted octanol–water partition coefficient (Wildman–Crippen LogP) is 4.50. The maximum absolute atomic E-state index is 14.0. The first kappa shape index (κ1) is 19.3. The number of nitrogens with zero attached hydrogens (tertiary/aromatic N) is 3. The van der Waals surface area contributed by atoms with E-state index in [-0.39, 0.29) is 25.4 Å². The molecule has 1 aliphatic heterocycles. The third-order valence-electron chi connectivity index (χ3n) is 4.87. The maximum atomic E-state index is 14.0. The van der Waals surface area contributed by atoms with E-state index in [1.807, 2.05) is 12.1 Å². The van der Waals surface area contributed by atoms with Crippen LogP contribution in [0.15, 0.2) is 53.3 Å². The van der Waals surface area contributed by atoms with Crippen LogP contribution in [0.2, 0.25) is 0 Å². The summed E-state index contributed by atoms with van der Waals surface area (Å²) < 4.78 is 19.7. The number of hydrogen-bond acceptors (Lipinski definition) is 4. The third-order valence-corrected chi connectivity index (χ3v) is 5.53. The van der Waals surface area contributed by atoms with Gasteiger partial charge in [-0.1, -0.05) is 12.1 Å². The molecule has 0 saturated carbocycles. The highest BCUT2D eigenvalue weighted by molar-refractivity contribution is 9.10. The molecule has 6 nitrogen and oxygen atoms in total. The van der Waals surface area contributed by atoms with Crippen LogP contribution >= 0.6 is 15.9 Å². The summed E-state index contributed by atoms with van der Waals surface area (Å²) in [5.41, 5.74) is 1.28. The minimum absolute atomic E-state index is 0.147. The third kappa shape index (κ3) is 3.67. The molecule has 1 fully saturated rings. The van der Waals surface area contributed by atoms with Gasteiger partial charge in [-0.15, -0.1) is 0 Å². The fourth-order valence-electron chi connectivity index (χ4n) is 3.38. The monoisotopic (exact) mass is 457 g/mol. The van der Waals surface area contributed by atoms with Gasteiger partial charge in [0.2, 0.25) is 5.91 Å². The fourth-order valence-corrected chi connectivity index (χ4v) is 3.91. The smallest absolute Gasteiger partial charge is 0.331 e. The van der Waals surface area contributed by atoms with Crippen LogP contribution in [0.5, 0.6) is 5.75 Å². The molecule has 2 aromatic carbocycles. The number of imide groups is 1. The van der Waals surface area contributed by atoms with Crippen LogP contribution in [0.25, 0.3) is 10.8 Å². The van der Waals surface area contributed by atoms with Crippen LogP contribution in [0.1, 0.15) is 12.0 Å². The Morgan fingerprint density at radius 1 is 1.14 bits per heavy atom. The molecule has 0 N–H and O–H groups in total. The van der Waals surface area contributed by atoms with Crippen LogP contribution in [0.3, 0.4) is 0 Å². The molecule has 2 heterocycles. The van der Waals surface area contributed by atoms with Crippen LogP contribution in [0.4, 0.5) is 14.9 Å². The first-order valence-electron chi connectivity index (χ1n) is 8.95. The summed E-state index contributed by atoms with van der Waals surface area (Å²) in [6.07, 6.45) is 3.30. The summed E-state index contributed by atoms with van der Waals surface area (Å²) in [5.74, 6) is 0.0242. The zero-order chi connectivity index (χ0) is 20.5. The van der Waals surface area contributed by atoms with Crippen molar-refractivity contribution in [2.24, 2.45) is 0 Å². The van der Waals surface area contributed by atoms with Gasteiger partial charge >= 0.3 is 6.03 Å². The molecule has 0 radical (unpaired) electrons. The van der Waals surface area contributed by atoms with E-state index in [1.165, 1.54) is 28.1 Å². The summed E-state index contributed by atoms with van der Waals surface area (Å²) in [7, 11) is 1.57. The Hall–Kier alpha value is -3.00. The second kappa shape index (κ2) is 7.79. The number of fused-ring (bicyclic) bond motifs is 1. The zero-order valence-electron chi connectivity index (χ0n) is 15.6. The molecule has 1 aliphatic rings. The quantitative estimate of drug-likeness (QED) is 0.578. The van der Waals surface area contributed by atoms with Crippen molar-refractivity contribution in [2.75, 3.05) is 18.6 Å². The lowest BCUT2D eigenvalue weighted by atomic mass is 10.1. The minimum Gasteiger partial charge on any atom is -0.497 e. The van der Waals surface area contributed by atoms with Crippen molar-refractivity contribution < 1.29 is 18.7 Å². The topological polar surface area (TPSA) is 62.7 Å². The van der Waals surface area contributed by atoms with E-state index in [0.717, 1.165) is 5.56 Å². The van der Waals surface area contributed by atoms with Crippen molar-refractivity contribution in [2.45, 2.75) is 13.0 Å². The molecule has 148 valence electrons. The van der Waals surface area contributed by atoms with Gasteiger partial charge in [-0.05, 0) is 45.8 Å². The maximum Gasteiger partial charge on any atom is 0.331 e. The highest BCUT2D eigenvalue weighted by atomic mass is 79.9. The predicted molar refractivity (Wildman–Crippen MR) is 110 cm³/mol. The summed E-state index contributed by atoms with van der Waals surface area (Å²) in [4.78, 5) is 32.5. The van der Waals surface area contributed by atoms with Gasteiger partial charge in [0.15, 0.2) is 0 Å². The van der Waals surface area contributed by atoms with E-state index >= 15 is 0 Å². The number of pyridine rings is 1. The van der Waals surface area contributed by atoms with Gasteiger partial charge in [0.25, 0.3) is 0 Å². The van der Waals surface area contributed by atoms with Crippen molar-refractivity contribution >= 4 is 44.3 Å². The van der Waals surface area contributed by atoms with E-state index < -0.39 is 11.8 Å². The average Bonchev–Trinajstić information content (AvgIpc) is 2.71. The summed E-state index contributed by atoms with van der Waals surface area (Å²) in [6, 6.07) is 9.45. The second-order valence-electron chi connectivity index (χ2n) is 6.65. The highest BCUT2D eigenvalue weighted by Gasteiger charge is 2.33. The summed E-state index contributed by atoms with van der Waals surface area (Å²) >= 11 is 3.34. The van der Waals surface area contributed by atoms with Gasteiger partial charge < -0.3 is 4.74 Å². The fraction of sp³-hybridized carbons (Fsp3) is 0.190. The molecule has 8 heteroatoms. The van der Waals surface area contributed by atoms with Crippen LogP contribution in [0, 0.1) is 5.82 Å². The lowest BCUT2D eigenvalue weighted by molar-refractivity contribution is -0.129. The highest BCUT2D eigenvalue weighted by Crippen LogP contribution is 2.33. The molecule has 3 amide bonds. The molecule has 0 spiro atoms. The van der Waals surface area contributed by atoms with Gasteiger partial charge in [0.1, 0.15) is 11.6 Å². The number of rotatable bonds is 4. The molecule has 3 aromatic rings. The second-order valence-corrected chi connectivity index (χ2v) is 7.51. The number of benzene rings is 2. The zero-order valence-corrected chi connectivity index (χ0v) is 17.1. The molecular weight excluding hydrogens is 441 g/mol. The number of carbonyl (C=O) groups excluding carboxylic acids is 2. The molecule has 0 unspecified atom stereocenters. The van der Waals surface area contributed by atoms with Crippen molar-refractivity contribution in [3.8, 4) is 5.75 Å². The first-order chi connectivity index (χ1) is 14.0. The van der Waals surface area contributed by atoms with Crippen molar-refractivity contribution in [1.82, 2.24) is 9.88 Å². The number of amides is 3. The Labute approximate surface area is 175 Å². The average molecular weight is 458 g/mol. The summed E-state index contributed by atoms with van der Waals surface area (Å²) in [5, 5.41) is 1.24. The number of methoxy groups -OCH3 is 1. The Kier molecular flexibility index (Phi) is 5.19. The van der Waals surface area contributed by atoms with Gasteiger partial charge in [0.05, 0.1) is 25.5 Å². The van der Waals surface area contributed by atoms with Crippen molar-refractivity contribution in [3.05, 3.63) is 64.6 Å². The molecule has 0 atom stereocenters. The van der Waals surface area contributed by atoms with Crippen molar-refractivity contribution in [3.63, 3.8) is 0 Å². The SMILES string of the molecule is COc1ccc(CN2C(=O)CCN(c3cncc4c(Br)cc(F)cc34)C2=O)cc1. The van der Waals surface area contributed by atoms with Crippen LogP contribution in [-0.2, 0) is 11.3 Å². The number of ether oxygens (including phenoxy) is 1. The Morgan fingerprint density at radius 3 is 2.62 bits per heavy atom. The normalized spacial score (nSPS) is 14.6. The van der Waals surface area contributed by atoms with E-state index in [1.54, 1.807) is 25.4 Å². The molecule has 1 saturated heterocycles. The number of hydrogen-bond donors (Lipinski definition) is 0. The lowest BCUT2D eigenvalue weighted by Gasteiger charge is -2.34. The molecule has 0 aliphatic carbocycles. The molecule has 0 bridgehead atoms. The van der Waals surface area contributed by atoms with Gasteiger partial charge in [-0.2, -0.15) is 0 Å². The number of anilines is 1. The Bertz CT molecular complexity index is 1100. The van der Waals surface area contributed by atoms with Crippen LogP contribution in [-0.4, -0.2) is 35.5 Å². The van der Waals surface area contributed by atoms with Gasteiger partial charge in [-0.25, -0.2) is 9.18 Å². The van der Waals surface area contributed by atoms with Gasteiger partial charge in [-0.3, -0.25) is 19.6 Å². The lowest BCUT2D eigenvalue weighted by Crippen LogP contribution is -2.52. The minimum atomic E-state index is -0.452. The van der Waals surface area contributed by atoms with E-state index in [0.29, 0.717) is 26.7 Å². The molecule has 1 aromatic heterocycles. The van der Waals surface area contributed by atoms with Gasteiger partial charge in [0, 0.05) is 34.4 Å². The largest absolute Gasteiger partial charge is 0.497 e. The van der Waals surface area contributed by atoms with E-state index in [2.05, 4.69) is 20.9 Å². The molecule has 29 heavy (non-hydrogen) atoms. The van der Waals surface area contributed by atoms with Crippen LogP contribution < -0.4 is 9.64 Å². The first-order valence-corrected chi connectivity index (χ1v) is 9.75. The Morgan fingerprint density at radius 2 is 1.90 bits per heavy atom. The summed E-state index contributed by atoms with van der Waals surface area (Å²) in [6.45, 7) is 0.361. The number of halogens is 2. The number of aromatic nitrogens is 1.